The molecule has 4 aliphatic rings. The second kappa shape index (κ2) is 2.05. The molecular formula is C10H16O2. The number of hydrogen-bond acceptors (Lipinski definition) is 2. The van der Waals surface area contributed by atoms with Crippen molar-refractivity contribution in [2.24, 2.45) is 29.6 Å². The van der Waals surface area contributed by atoms with E-state index < -0.39 is 0 Å². The van der Waals surface area contributed by atoms with Gasteiger partial charge >= 0.3 is 0 Å². The predicted octanol–water partition coefficient (Wildman–Crippen LogP) is 0.630. The molecule has 0 spiro atoms. The van der Waals surface area contributed by atoms with Crippen molar-refractivity contribution in [2.75, 3.05) is 0 Å². The lowest BCUT2D eigenvalue weighted by atomic mass is 9.67. The van der Waals surface area contributed by atoms with Gasteiger partial charge in [-0.2, -0.15) is 0 Å². The summed E-state index contributed by atoms with van der Waals surface area (Å²) in [6, 6.07) is 0. The van der Waals surface area contributed by atoms with Gasteiger partial charge in [0.25, 0.3) is 0 Å². The van der Waals surface area contributed by atoms with Crippen molar-refractivity contribution in [3.05, 3.63) is 0 Å². The lowest BCUT2D eigenvalue weighted by molar-refractivity contribution is -0.0826. The van der Waals surface area contributed by atoms with Crippen LogP contribution in [0.15, 0.2) is 0 Å². The van der Waals surface area contributed by atoms with E-state index in [4.69, 9.17) is 0 Å². The van der Waals surface area contributed by atoms with Crippen molar-refractivity contribution >= 4 is 0 Å². The highest BCUT2D eigenvalue weighted by Crippen LogP contribution is 2.62. The van der Waals surface area contributed by atoms with Crippen LogP contribution in [0.5, 0.6) is 0 Å². The Morgan fingerprint density at radius 3 is 2.25 bits per heavy atom. The van der Waals surface area contributed by atoms with Crippen LogP contribution in [0.1, 0.15) is 19.8 Å². The second-order valence-corrected chi connectivity index (χ2v) is 4.96. The molecule has 2 heteroatoms. The first-order chi connectivity index (χ1) is 5.70. The van der Waals surface area contributed by atoms with Crippen LogP contribution in [-0.4, -0.2) is 22.4 Å². The number of aliphatic hydroxyl groups excluding tert-OH is 2. The summed E-state index contributed by atoms with van der Waals surface area (Å²) < 4.78 is 0. The standard InChI is InChI=1S/C10H16O2/c1-4-5-2-7-8(11)3-6(5)10(12)9(4)7/h4-12H,2-3H2,1H3. The van der Waals surface area contributed by atoms with Crippen LogP contribution in [0.3, 0.4) is 0 Å². The molecule has 4 rings (SSSR count). The number of hydrogen-bond donors (Lipinski definition) is 2. The van der Waals surface area contributed by atoms with Gasteiger partial charge < -0.3 is 10.2 Å². The van der Waals surface area contributed by atoms with Crippen molar-refractivity contribution in [1.82, 2.24) is 0 Å². The molecule has 12 heavy (non-hydrogen) atoms. The molecule has 4 fully saturated rings. The third-order valence-electron chi connectivity index (χ3n) is 4.71. The third kappa shape index (κ3) is 0.612. The molecule has 68 valence electrons. The first-order valence-corrected chi connectivity index (χ1v) is 5.06. The van der Waals surface area contributed by atoms with E-state index in [9.17, 15) is 10.2 Å². The van der Waals surface area contributed by atoms with Crippen molar-refractivity contribution in [2.45, 2.75) is 32.0 Å². The molecule has 0 aromatic carbocycles. The Bertz CT molecular complexity index is 212. The molecule has 4 saturated carbocycles. The fourth-order valence-electron chi connectivity index (χ4n) is 4.21. The molecular weight excluding hydrogens is 152 g/mol. The van der Waals surface area contributed by atoms with Gasteiger partial charge in [-0.15, -0.1) is 0 Å². The Hall–Kier alpha value is -0.0800. The van der Waals surface area contributed by atoms with Gasteiger partial charge in [0.15, 0.2) is 0 Å². The van der Waals surface area contributed by atoms with Crippen molar-refractivity contribution in [1.29, 1.82) is 0 Å². The molecule has 0 aromatic rings. The molecule has 2 nitrogen and oxygen atoms in total. The summed E-state index contributed by atoms with van der Waals surface area (Å²) in [6.07, 6.45) is 1.84. The van der Waals surface area contributed by atoms with Gasteiger partial charge in [0.2, 0.25) is 0 Å². The molecule has 2 N–H and O–H groups in total. The van der Waals surface area contributed by atoms with E-state index >= 15 is 0 Å². The Labute approximate surface area is 72.6 Å². The summed E-state index contributed by atoms with van der Waals surface area (Å²) in [5, 5.41) is 19.6. The van der Waals surface area contributed by atoms with Crippen LogP contribution in [0.4, 0.5) is 0 Å². The van der Waals surface area contributed by atoms with Gasteiger partial charge in [0.1, 0.15) is 0 Å². The number of rotatable bonds is 0. The van der Waals surface area contributed by atoms with Crippen molar-refractivity contribution < 1.29 is 10.2 Å². The summed E-state index contributed by atoms with van der Waals surface area (Å²) in [4.78, 5) is 0. The highest BCUT2D eigenvalue weighted by molar-refractivity contribution is 5.11. The zero-order valence-corrected chi connectivity index (χ0v) is 7.35. The predicted molar refractivity (Wildman–Crippen MR) is 44.4 cm³/mol. The summed E-state index contributed by atoms with van der Waals surface area (Å²) in [6.45, 7) is 2.25. The van der Waals surface area contributed by atoms with Crippen LogP contribution >= 0.6 is 0 Å². The minimum Gasteiger partial charge on any atom is -0.393 e. The number of aliphatic hydroxyl groups is 2. The van der Waals surface area contributed by atoms with E-state index in [0.29, 0.717) is 23.7 Å². The largest absolute Gasteiger partial charge is 0.393 e. The maximum atomic E-state index is 9.89. The molecule has 0 amide bonds. The van der Waals surface area contributed by atoms with Gasteiger partial charge in [-0.3, -0.25) is 0 Å². The Kier molecular flexibility index (Phi) is 1.25. The fraction of sp³-hybridized carbons (Fsp3) is 1.00. The molecule has 7 atom stereocenters. The zero-order chi connectivity index (χ0) is 8.46. The molecule has 4 aliphatic carbocycles. The summed E-state index contributed by atoms with van der Waals surface area (Å²) in [5.74, 6) is 2.64. The molecule has 4 bridgehead atoms. The fourth-order valence-corrected chi connectivity index (χ4v) is 4.21. The topological polar surface area (TPSA) is 40.5 Å². The average Bonchev–Trinajstić information content (AvgIpc) is 2.43. The van der Waals surface area contributed by atoms with Crippen LogP contribution in [-0.2, 0) is 0 Å². The molecule has 0 heterocycles. The first-order valence-electron chi connectivity index (χ1n) is 5.06. The van der Waals surface area contributed by atoms with Gasteiger partial charge in [-0.25, -0.2) is 0 Å². The lowest BCUT2D eigenvalue weighted by Crippen LogP contribution is -2.46. The zero-order valence-electron chi connectivity index (χ0n) is 7.35. The minimum atomic E-state index is -0.107. The average molecular weight is 168 g/mol. The van der Waals surface area contributed by atoms with Crippen LogP contribution in [0.25, 0.3) is 0 Å². The van der Waals surface area contributed by atoms with E-state index in [1.54, 1.807) is 0 Å². The van der Waals surface area contributed by atoms with E-state index in [1.165, 1.54) is 6.42 Å². The molecule has 0 aromatic heterocycles. The normalized spacial score (nSPS) is 67.8. The lowest BCUT2D eigenvalue weighted by Gasteiger charge is -2.42. The SMILES string of the molecule is CC1C2CC3C(O)CC2C(O)C13. The summed E-state index contributed by atoms with van der Waals surface area (Å²) >= 11 is 0. The maximum absolute atomic E-state index is 9.89. The van der Waals surface area contributed by atoms with E-state index in [0.717, 1.165) is 12.3 Å². The second-order valence-electron chi connectivity index (χ2n) is 4.96. The van der Waals surface area contributed by atoms with E-state index in [1.807, 2.05) is 0 Å². The highest BCUT2D eigenvalue weighted by Gasteiger charge is 2.62. The Balaban J connectivity index is 2.01. The third-order valence-corrected chi connectivity index (χ3v) is 4.71. The van der Waals surface area contributed by atoms with Crippen LogP contribution < -0.4 is 0 Å². The smallest absolute Gasteiger partial charge is 0.0606 e. The first kappa shape index (κ1) is 7.34. The molecule has 0 radical (unpaired) electrons. The van der Waals surface area contributed by atoms with E-state index in [2.05, 4.69) is 6.92 Å². The molecule has 0 aliphatic heterocycles. The van der Waals surface area contributed by atoms with Crippen molar-refractivity contribution in [3.63, 3.8) is 0 Å². The Morgan fingerprint density at radius 2 is 1.75 bits per heavy atom. The van der Waals surface area contributed by atoms with Crippen LogP contribution in [0, 0.1) is 29.6 Å². The molecule has 0 saturated heterocycles. The van der Waals surface area contributed by atoms with Gasteiger partial charge in [-0.1, -0.05) is 6.92 Å². The highest BCUT2D eigenvalue weighted by atomic mass is 16.3. The minimum absolute atomic E-state index is 0.0906. The quantitative estimate of drug-likeness (QED) is 0.557. The Morgan fingerprint density at radius 1 is 1.00 bits per heavy atom. The van der Waals surface area contributed by atoms with Crippen LogP contribution in [0.2, 0.25) is 0 Å². The summed E-state index contributed by atoms with van der Waals surface area (Å²) in [5.41, 5.74) is 0. The summed E-state index contributed by atoms with van der Waals surface area (Å²) in [7, 11) is 0. The maximum Gasteiger partial charge on any atom is 0.0606 e. The van der Waals surface area contributed by atoms with Gasteiger partial charge in [0.05, 0.1) is 12.2 Å². The van der Waals surface area contributed by atoms with Crippen molar-refractivity contribution in [3.8, 4) is 0 Å². The van der Waals surface area contributed by atoms with E-state index in [-0.39, 0.29) is 12.2 Å². The monoisotopic (exact) mass is 168 g/mol. The number of fused-ring (bicyclic) bond motifs is 1. The van der Waals surface area contributed by atoms with Gasteiger partial charge in [-0.05, 0) is 42.4 Å². The van der Waals surface area contributed by atoms with Gasteiger partial charge in [0, 0.05) is 0 Å². The molecule has 7 unspecified atom stereocenters.